The molecule has 0 radical (unpaired) electrons. The van der Waals surface area contributed by atoms with Crippen LogP contribution in [0.25, 0.3) is 0 Å². The first kappa shape index (κ1) is 17.2. The van der Waals surface area contributed by atoms with Gasteiger partial charge in [-0.15, -0.1) is 0 Å². The van der Waals surface area contributed by atoms with Gasteiger partial charge in [0.05, 0.1) is 0 Å². The summed E-state index contributed by atoms with van der Waals surface area (Å²) in [6, 6.07) is 9.11. The smallest absolute Gasteiger partial charge is 0.0233 e. The lowest BCUT2D eigenvalue weighted by molar-refractivity contribution is 0.259. The molecule has 1 rings (SSSR count). The third-order valence-electron chi connectivity index (χ3n) is 3.73. The highest BCUT2D eigenvalue weighted by molar-refractivity contribution is 5.27. The Hall–Kier alpha value is -0.860. The van der Waals surface area contributed by atoms with Crippen molar-refractivity contribution in [3.8, 4) is 0 Å². The van der Waals surface area contributed by atoms with E-state index in [9.17, 15) is 0 Å². The molecule has 2 N–H and O–H groups in total. The molecule has 0 aliphatic heterocycles. The van der Waals surface area contributed by atoms with Crippen LogP contribution in [0.15, 0.2) is 24.3 Å². The molecule has 0 bridgehead atoms. The molecule has 0 heterocycles. The van der Waals surface area contributed by atoms with E-state index < -0.39 is 0 Å². The van der Waals surface area contributed by atoms with Crippen LogP contribution in [0.3, 0.4) is 0 Å². The third kappa shape index (κ3) is 6.06. The molecule has 0 fully saturated rings. The molecule has 0 aliphatic carbocycles. The van der Waals surface area contributed by atoms with Crippen molar-refractivity contribution in [2.24, 2.45) is 5.73 Å². The highest BCUT2D eigenvalue weighted by Gasteiger charge is 2.13. The zero-order valence-corrected chi connectivity index (χ0v) is 13.8. The maximum atomic E-state index is 5.64. The van der Waals surface area contributed by atoms with E-state index in [0.717, 1.165) is 26.1 Å². The average molecular weight is 276 g/mol. The summed E-state index contributed by atoms with van der Waals surface area (Å²) in [5, 5.41) is 0. The summed E-state index contributed by atoms with van der Waals surface area (Å²) in [7, 11) is 0. The second-order valence-corrected chi connectivity index (χ2v) is 6.72. The van der Waals surface area contributed by atoms with E-state index in [1.165, 1.54) is 30.5 Å². The number of nitrogens with zero attached hydrogens (tertiary/aromatic N) is 1. The first-order valence-corrected chi connectivity index (χ1v) is 7.99. The van der Waals surface area contributed by atoms with E-state index in [1.807, 2.05) is 0 Å². The predicted octanol–water partition coefficient (Wildman–Crippen LogP) is 3.94. The molecular weight excluding hydrogens is 244 g/mol. The van der Waals surface area contributed by atoms with Crippen LogP contribution in [-0.4, -0.2) is 24.5 Å². The highest BCUT2D eigenvalue weighted by Crippen LogP contribution is 2.22. The van der Waals surface area contributed by atoms with Crippen molar-refractivity contribution in [1.29, 1.82) is 0 Å². The van der Waals surface area contributed by atoms with Gasteiger partial charge in [-0.05, 0) is 49.0 Å². The van der Waals surface area contributed by atoms with Crippen molar-refractivity contribution in [3.63, 3.8) is 0 Å². The summed E-state index contributed by atoms with van der Waals surface area (Å²) in [5.41, 5.74) is 8.69. The van der Waals surface area contributed by atoms with Gasteiger partial charge in [0.25, 0.3) is 0 Å². The Kier molecular flexibility index (Phi) is 7.25. The molecule has 1 aromatic rings. The third-order valence-corrected chi connectivity index (χ3v) is 3.73. The van der Waals surface area contributed by atoms with Gasteiger partial charge < -0.3 is 5.73 Å². The van der Waals surface area contributed by atoms with Crippen LogP contribution >= 0.6 is 0 Å². The first-order chi connectivity index (χ1) is 9.47. The van der Waals surface area contributed by atoms with Crippen molar-refractivity contribution in [2.45, 2.75) is 58.9 Å². The van der Waals surface area contributed by atoms with E-state index in [1.54, 1.807) is 0 Å². The van der Waals surface area contributed by atoms with E-state index in [0.29, 0.717) is 0 Å². The second kappa shape index (κ2) is 8.43. The fourth-order valence-electron chi connectivity index (χ4n) is 2.33. The maximum absolute atomic E-state index is 5.64. The lowest BCUT2D eigenvalue weighted by Crippen LogP contribution is -2.27. The number of nitrogens with two attached hydrogens (primary N) is 1. The number of unbranched alkanes of at least 4 members (excludes halogenated alkanes) is 1. The zero-order chi connectivity index (χ0) is 15.0. The molecule has 0 spiro atoms. The summed E-state index contributed by atoms with van der Waals surface area (Å²) in [4.78, 5) is 2.53. The molecule has 1 aromatic carbocycles. The van der Waals surface area contributed by atoms with Gasteiger partial charge in [0, 0.05) is 6.54 Å². The molecule has 0 aliphatic rings. The van der Waals surface area contributed by atoms with E-state index >= 15 is 0 Å². The largest absolute Gasteiger partial charge is 0.330 e. The summed E-state index contributed by atoms with van der Waals surface area (Å²) in [6.45, 7) is 13.1. The monoisotopic (exact) mass is 276 g/mol. The summed E-state index contributed by atoms with van der Waals surface area (Å²) in [5.74, 6) is 0. The van der Waals surface area contributed by atoms with Gasteiger partial charge in [0.15, 0.2) is 0 Å². The zero-order valence-electron chi connectivity index (χ0n) is 13.8. The Balaban J connectivity index is 2.62. The molecular formula is C18H32N2. The fraction of sp³-hybridized carbons (Fsp3) is 0.667. The van der Waals surface area contributed by atoms with Crippen molar-refractivity contribution >= 4 is 0 Å². The van der Waals surface area contributed by atoms with Gasteiger partial charge in [-0.2, -0.15) is 0 Å². The van der Waals surface area contributed by atoms with Crippen LogP contribution in [0.2, 0.25) is 0 Å². The Morgan fingerprint density at radius 3 is 2.10 bits per heavy atom. The van der Waals surface area contributed by atoms with E-state index in [-0.39, 0.29) is 5.41 Å². The van der Waals surface area contributed by atoms with Crippen molar-refractivity contribution < 1.29 is 0 Å². The maximum Gasteiger partial charge on any atom is 0.0233 e. The topological polar surface area (TPSA) is 29.3 Å². The highest BCUT2D eigenvalue weighted by atomic mass is 15.1. The quantitative estimate of drug-likeness (QED) is 0.779. The minimum Gasteiger partial charge on any atom is -0.330 e. The first-order valence-electron chi connectivity index (χ1n) is 7.99. The number of rotatable bonds is 8. The number of hydrogen-bond donors (Lipinski definition) is 1. The van der Waals surface area contributed by atoms with Gasteiger partial charge in [-0.1, -0.05) is 58.4 Å². The van der Waals surface area contributed by atoms with Gasteiger partial charge in [-0.3, -0.25) is 4.90 Å². The molecule has 114 valence electrons. The molecule has 2 heteroatoms. The molecule has 0 aromatic heterocycles. The van der Waals surface area contributed by atoms with Crippen LogP contribution in [0.1, 0.15) is 58.1 Å². The van der Waals surface area contributed by atoms with Gasteiger partial charge >= 0.3 is 0 Å². The van der Waals surface area contributed by atoms with Crippen molar-refractivity contribution in [3.05, 3.63) is 35.4 Å². The SMILES string of the molecule is CCCCN(CCCN)Cc1ccc(C(C)(C)C)cc1. The Morgan fingerprint density at radius 2 is 1.60 bits per heavy atom. The van der Waals surface area contributed by atoms with Crippen LogP contribution in [-0.2, 0) is 12.0 Å². The normalized spacial score (nSPS) is 12.1. The molecule has 0 atom stereocenters. The van der Waals surface area contributed by atoms with Gasteiger partial charge in [0.1, 0.15) is 0 Å². The minimum absolute atomic E-state index is 0.236. The Morgan fingerprint density at radius 1 is 1.00 bits per heavy atom. The molecule has 0 saturated carbocycles. The van der Waals surface area contributed by atoms with Crippen molar-refractivity contribution in [1.82, 2.24) is 4.90 Å². The van der Waals surface area contributed by atoms with Crippen LogP contribution in [0.4, 0.5) is 0 Å². The summed E-state index contributed by atoms with van der Waals surface area (Å²) in [6.07, 6.45) is 3.61. The van der Waals surface area contributed by atoms with Crippen molar-refractivity contribution in [2.75, 3.05) is 19.6 Å². The Labute approximate surface area is 125 Å². The van der Waals surface area contributed by atoms with Gasteiger partial charge in [-0.25, -0.2) is 0 Å². The van der Waals surface area contributed by atoms with Crippen LogP contribution < -0.4 is 5.73 Å². The number of hydrogen-bond acceptors (Lipinski definition) is 2. The summed E-state index contributed by atoms with van der Waals surface area (Å²) >= 11 is 0. The lowest BCUT2D eigenvalue weighted by atomic mass is 9.87. The minimum atomic E-state index is 0.236. The standard InChI is InChI=1S/C18H32N2/c1-5-6-13-20(14-7-12-19)15-16-8-10-17(11-9-16)18(2,3)4/h8-11H,5-7,12-15,19H2,1-4H3. The second-order valence-electron chi connectivity index (χ2n) is 6.72. The summed E-state index contributed by atoms with van der Waals surface area (Å²) < 4.78 is 0. The molecule has 20 heavy (non-hydrogen) atoms. The Bertz CT molecular complexity index is 354. The average Bonchev–Trinajstić information content (AvgIpc) is 2.41. The molecule has 0 amide bonds. The molecule has 0 saturated heterocycles. The van der Waals surface area contributed by atoms with Crippen LogP contribution in [0, 0.1) is 0 Å². The van der Waals surface area contributed by atoms with Crippen LogP contribution in [0.5, 0.6) is 0 Å². The van der Waals surface area contributed by atoms with E-state index in [2.05, 4.69) is 56.9 Å². The predicted molar refractivity (Wildman–Crippen MR) is 89.0 cm³/mol. The van der Waals surface area contributed by atoms with Gasteiger partial charge in [0.2, 0.25) is 0 Å². The lowest BCUT2D eigenvalue weighted by Gasteiger charge is -2.23. The number of benzene rings is 1. The fourth-order valence-corrected chi connectivity index (χ4v) is 2.33. The molecule has 2 nitrogen and oxygen atoms in total. The molecule has 0 unspecified atom stereocenters. The van der Waals surface area contributed by atoms with E-state index in [4.69, 9.17) is 5.73 Å².